The summed E-state index contributed by atoms with van der Waals surface area (Å²) in [4.78, 5) is 14.7. The molecule has 0 aromatic heterocycles. The van der Waals surface area contributed by atoms with E-state index in [1.165, 1.54) is 6.08 Å². The second-order valence-corrected chi connectivity index (χ2v) is 12.3. The average molecular weight is 694 g/mol. The Labute approximate surface area is 265 Å². The molecule has 2 bridgehead atoms. The molecule has 3 heterocycles. The van der Waals surface area contributed by atoms with Gasteiger partial charge in [0.15, 0.2) is 5.60 Å². The van der Waals surface area contributed by atoms with Gasteiger partial charge in [0.25, 0.3) is 0 Å². The van der Waals surface area contributed by atoms with E-state index in [-0.39, 0.29) is 29.8 Å². The van der Waals surface area contributed by atoms with Crippen LogP contribution in [0.5, 0.6) is 0 Å². The molecule has 6 rings (SSSR count). The van der Waals surface area contributed by atoms with Crippen LogP contribution in [0.4, 0.5) is 52.7 Å². The van der Waals surface area contributed by atoms with Crippen LogP contribution in [0.25, 0.3) is 5.57 Å². The lowest BCUT2D eigenvalue weighted by molar-refractivity contribution is -0.162. The molecule has 0 saturated carbocycles. The van der Waals surface area contributed by atoms with Crippen molar-refractivity contribution in [3.63, 3.8) is 0 Å². The molecule has 1 aromatic carbocycles. The van der Waals surface area contributed by atoms with Gasteiger partial charge in [-0.05, 0) is 67.3 Å². The van der Waals surface area contributed by atoms with E-state index in [0.29, 0.717) is 43.2 Å². The Hall–Kier alpha value is -3.93. The van der Waals surface area contributed by atoms with Gasteiger partial charge in [0.05, 0.1) is 28.7 Å². The SMILES string of the molecule is O=C1C=C2C(/C=C(\C#CC3=CC(C(F)(F)F)=CC(C(F)(F)F)C3)c3cc(C(F)(F)F)cc(C(F)(F)F)c3)=C[C@@H]3C[C@@]2(O1)[C@H]1CCCCN31. The van der Waals surface area contributed by atoms with Gasteiger partial charge in [0, 0.05) is 35.3 Å². The Morgan fingerprint density at radius 3 is 2.15 bits per heavy atom. The molecule has 0 N–H and O–H groups in total. The third-order valence-corrected chi connectivity index (χ3v) is 9.16. The van der Waals surface area contributed by atoms with Crippen LogP contribution in [0.1, 0.15) is 48.8 Å². The molecule has 2 fully saturated rings. The molecule has 0 radical (unpaired) electrons. The largest absolute Gasteiger partial charge is 0.449 e. The van der Waals surface area contributed by atoms with Crippen LogP contribution in [0.15, 0.2) is 70.9 Å². The number of fused-ring (bicyclic) bond motifs is 3. The van der Waals surface area contributed by atoms with Gasteiger partial charge in [0.1, 0.15) is 0 Å². The van der Waals surface area contributed by atoms with E-state index in [0.717, 1.165) is 18.9 Å². The maximum atomic E-state index is 13.8. The number of ether oxygens (including phenoxy) is 1. The standard InChI is InChI=1S/C33H23F12NO2/c34-30(35,36)21-7-17(8-22(13-21)31(37,38)39)4-5-18(19-10-23(32(40,41)42)14-24(11-19)33(43,44)45)9-20-12-25-16-29(26(20)15-28(47)48-29)27-3-1-2-6-46(25)27/h7,9-15,22,25,27H,1-3,6,8,16H2/b18-9+/t22?,25-,27-,29+/m1/s1. The van der Waals surface area contributed by atoms with Crippen molar-refractivity contribution in [3.8, 4) is 11.8 Å². The molecule has 2 aliphatic carbocycles. The fourth-order valence-corrected chi connectivity index (χ4v) is 7.11. The number of nitrogens with zero attached hydrogens (tertiary/aromatic N) is 1. The van der Waals surface area contributed by atoms with Crippen LogP contribution in [-0.2, 0) is 21.9 Å². The Bertz CT molecular complexity index is 1720. The summed E-state index contributed by atoms with van der Waals surface area (Å²) in [5.41, 5.74) is -7.70. The monoisotopic (exact) mass is 693 g/mol. The highest BCUT2D eigenvalue weighted by molar-refractivity contribution is 5.91. The topological polar surface area (TPSA) is 29.5 Å². The number of carbonyl (C=O) groups is 1. The van der Waals surface area contributed by atoms with Crippen molar-refractivity contribution >= 4 is 11.5 Å². The Morgan fingerprint density at radius 1 is 0.875 bits per heavy atom. The van der Waals surface area contributed by atoms with Gasteiger partial charge >= 0.3 is 30.7 Å². The summed E-state index contributed by atoms with van der Waals surface area (Å²) in [7, 11) is 0. The van der Waals surface area contributed by atoms with E-state index in [2.05, 4.69) is 16.7 Å². The summed E-state index contributed by atoms with van der Waals surface area (Å²) in [6.07, 6.45) is -14.9. The molecule has 15 heteroatoms. The van der Waals surface area contributed by atoms with Crippen LogP contribution >= 0.6 is 0 Å². The minimum atomic E-state index is -5.27. The van der Waals surface area contributed by atoms with Gasteiger partial charge in [-0.25, -0.2) is 4.79 Å². The first-order valence-corrected chi connectivity index (χ1v) is 14.7. The lowest BCUT2D eigenvalue weighted by atomic mass is 9.76. The first-order chi connectivity index (χ1) is 22.1. The number of benzene rings is 1. The maximum Gasteiger partial charge on any atom is 0.416 e. The highest BCUT2D eigenvalue weighted by Crippen LogP contribution is 2.54. The second kappa shape index (κ2) is 11.3. The number of hydrogen-bond donors (Lipinski definition) is 0. The van der Waals surface area contributed by atoms with Crippen LogP contribution in [0.2, 0.25) is 0 Å². The third-order valence-electron chi connectivity index (χ3n) is 9.16. The zero-order valence-electron chi connectivity index (χ0n) is 24.4. The van der Waals surface area contributed by atoms with Crippen LogP contribution in [0.3, 0.4) is 0 Å². The molecule has 256 valence electrons. The molecule has 3 nitrogen and oxygen atoms in total. The Morgan fingerprint density at radius 2 is 1.54 bits per heavy atom. The minimum absolute atomic E-state index is 0.00917. The molecule has 1 aromatic rings. The van der Waals surface area contributed by atoms with E-state index < -0.39 is 82.0 Å². The summed E-state index contributed by atoms with van der Waals surface area (Å²) < 4.78 is 170. The fourth-order valence-electron chi connectivity index (χ4n) is 7.11. The quantitative estimate of drug-likeness (QED) is 0.176. The summed E-state index contributed by atoms with van der Waals surface area (Å²) in [5, 5.41) is 0. The number of allylic oxidation sites excluding steroid dienone is 6. The summed E-state index contributed by atoms with van der Waals surface area (Å²) in [5.74, 6) is 1.16. The van der Waals surface area contributed by atoms with Gasteiger partial charge in [-0.15, -0.1) is 0 Å². The second-order valence-electron chi connectivity index (χ2n) is 12.3. The smallest absolute Gasteiger partial charge is 0.416 e. The van der Waals surface area contributed by atoms with E-state index in [1.807, 2.05) is 0 Å². The van der Waals surface area contributed by atoms with E-state index in [4.69, 9.17) is 4.74 Å². The highest BCUT2D eigenvalue weighted by atomic mass is 19.4. The summed E-state index contributed by atoms with van der Waals surface area (Å²) in [6, 6.07) is 0.0268. The maximum absolute atomic E-state index is 13.8. The van der Waals surface area contributed by atoms with Crippen molar-refractivity contribution in [1.82, 2.24) is 4.90 Å². The molecular formula is C33H23F12NO2. The molecule has 0 amide bonds. The van der Waals surface area contributed by atoms with Crippen molar-refractivity contribution in [1.29, 1.82) is 0 Å². The van der Waals surface area contributed by atoms with Crippen LogP contribution in [-0.4, -0.2) is 47.5 Å². The Balaban J connectivity index is 1.54. The van der Waals surface area contributed by atoms with Crippen molar-refractivity contribution in [2.24, 2.45) is 5.92 Å². The number of alkyl halides is 12. The van der Waals surface area contributed by atoms with Crippen molar-refractivity contribution in [3.05, 3.63) is 87.6 Å². The van der Waals surface area contributed by atoms with Gasteiger partial charge in [-0.2, -0.15) is 52.7 Å². The van der Waals surface area contributed by atoms with Gasteiger partial charge < -0.3 is 4.74 Å². The number of piperidine rings is 1. The van der Waals surface area contributed by atoms with E-state index in [9.17, 15) is 57.5 Å². The number of hydrogen-bond acceptors (Lipinski definition) is 3. The third kappa shape index (κ3) is 6.31. The van der Waals surface area contributed by atoms with E-state index in [1.54, 1.807) is 6.08 Å². The zero-order chi connectivity index (χ0) is 35.0. The lowest BCUT2D eigenvalue weighted by Crippen LogP contribution is -2.48. The Kier molecular flexibility index (Phi) is 8.01. The zero-order valence-corrected chi connectivity index (χ0v) is 24.4. The number of rotatable bonds is 2. The van der Waals surface area contributed by atoms with Crippen molar-refractivity contribution < 1.29 is 62.2 Å². The summed E-state index contributed by atoms with van der Waals surface area (Å²) in [6.45, 7) is 0.633. The van der Waals surface area contributed by atoms with Crippen LogP contribution in [0, 0.1) is 17.8 Å². The van der Waals surface area contributed by atoms with E-state index >= 15 is 0 Å². The van der Waals surface area contributed by atoms with Gasteiger partial charge in [-0.3, -0.25) is 4.90 Å². The van der Waals surface area contributed by atoms with Crippen LogP contribution < -0.4 is 0 Å². The normalized spacial score (nSPS) is 28.0. The van der Waals surface area contributed by atoms with Crippen molar-refractivity contribution in [2.45, 2.75) is 74.5 Å². The molecule has 5 aliphatic rings. The van der Waals surface area contributed by atoms with Gasteiger partial charge in [0.2, 0.25) is 0 Å². The van der Waals surface area contributed by atoms with Crippen molar-refractivity contribution in [2.75, 3.05) is 6.54 Å². The fraction of sp³-hybridized carbons (Fsp3) is 0.424. The molecule has 2 saturated heterocycles. The number of carbonyl (C=O) groups excluding carboxylic acids is 1. The molecule has 3 aliphatic heterocycles. The lowest BCUT2D eigenvalue weighted by Gasteiger charge is -2.38. The molecule has 1 spiro atoms. The summed E-state index contributed by atoms with van der Waals surface area (Å²) >= 11 is 0. The first kappa shape index (κ1) is 34.0. The molecular weight excluding hydrogens is 670 g/mol. The number of halogens is 12. The number of esters is 1. The predicted octanol–water partition coefficient (Wildman–Crippen LogP) is 8.90. The minimum Gasteiger partial charge on any atom is -0.449 e. The molecule has 1 unspecified atom stereocenters. The average Bonchev–Trinajstić information content (AvgIpc) is 3.46. The molecule has 4 atom stereocenters. The predicted molar refractivity (Wildman–Crippen MR) is 146 cm³/mol. The highest BCUT2D eigenvalue weighted by Gasteiger charge is 2.61. The molecule has 48 heavy (non-hydrogen) atoms. The van der Waals surface area contributed by atoms with Gasteiger partial charge in [-0.1, -0.05) is 30.4 Å². The first-order valence-electron chi connectivity index (χ1n) is 14.7.